The minimum atomic E-state index is -0.983. The lowest BCUT2D eigenvalue weighted by Crippen LogP contribution is -2.29. The number of ketones is 1. The topological polar surface area (TPSA) is 96.3 Å². The van der Waals surface area contributed by atoms with Crippen LogP contribution in [0.1, 0.15) is 42.5 Å². The number of hydrogen-bond acceptors (Lipinski definition) is 6. The molecule has 3 aromatic carbocycles. The second kappa shape index (κ2) is 9.54. The molecule has 1 unspecified atom stereocenters. The fraction of sp³-hybridized carbons (Fsp3) is 0.214. The van der Waals surface area contributed by atoms with Gasteiger partial charge in [0.15, 0.2) is 0 Å². The lowest BCUT2D eigenvalue weighted by Gasteiger charge is -2.26. The van der Waals surface area contributed by atoms with Crippen LogP contribution < -0.4 is 14.4 Å². The van der Waals surface area contributed by atoms with Gasteiger partial charge in [0.1, 0.15) is 23.0 Å². The Morgan fingerprint density at radius 1 is 0.943 bits per heavy atom. The van der Waals surface area contributed by atoms with Gasteiger partial charge >= 0.3 is 0 Å². The largest absolute Gasteiger partial charge is 0.507 e. The van der Waals surface area contributed by atoms with Crippen molar-refractivity contribution in [3.63, 3.8) is 0 Å². The highest BCUT2D eigenvalue weighted by Gasteiger charge is 2.47. The number of methoxy groups -OCH3 is 2. The van der Waals surface area contributed by atoms with Gasteiger partial charge < -0.3 is 19.7 Å². The molecule has 1 amide bonds. The number of phenols is 1. The molecule has 35 heavy (non-hydrogen) atoms. The molecule has 1 heterocycles. The van der Waals surface area contributed by atoms with E-state index in [1.807, 2.05) is 13.8 Å². The van der Waals surface area contributed by atoms with Gasteiger partial charge in [-0.1, -0.05) is 38.1 Å². The van der Waals surface area contributed by atoms with Crippen molar-refractivity contribution in [2.75, 3.05) is 19.1 Å². The van der Waals surface area contributed by atoms with Crippen LogP contribution >= 0.6 is 0 Å². The molecule has 4 rings (SSSR count). The number of rotatable bonds is 6. The van der Waals surface area contributed by atoms with E-state index in [9.17, 15) is 19.8 Å². The van der Waals surface area contributed by atoms with Gasteiger partial charge in [0.2, 0.25) is 0 Å². The number of para-hydroxylation sites is 2. The quantitative estimate of drug-likeness (QED) is 0.292. The van der Waals surface area contributed by atoms with Gasteiger partial charge in [-0.2, -0.15) is 0 Å². The second-order valence-electron chi connectivity index (χ2n) is 8.55. The lowest BCUT2D eigenvalue weighted by atomic mass is 9.93. The number of hydrogen-bond donors (Lipinski definition) is 2. The average Bonchev–Trinajstić information content (AvgIpc) is 3.13. The number of phenolic OH excluding ortho intramolecular Hbond substituents is 1. The highest BCUT2D eigenvalue weighted by Crippen LogP contribution is 2.45. The Kier molecular flexibility index (Phi) is 6.51. The van der Waals surface area contributed by atoms with Crippen LogP contribution in [0.2, 0.25) is 0 Å². The Morgan fingerprint density at radius 3 is 2.34 bits per heavy atom. The summed E-state index contributed by atoms with van der Waals surface area (Å²) in [6.07, 6.45) is 0. The normalized spacial score (nSPS) is 17.2. The van der Waals surface area contributed by atoms with Crippen molar-refractivity contribution >= 4 is 23.1 Å². The molecular formula is C28H27NO6. The summed E-state index contributed by atoms with van der Waals surface area (Å²) in [6.45, 7) is 3.99. The minimum absolute atomic E-state index is 0.0774. The molecule has 1 atom stereocenters. The Morgan fingerprint density at radius 2 is 1.69 bits per heavy atom. The number of nitrogens with zero attached hydrogens (tertiary/aromatic N) is 1. The number of benzene rings is 3. The number of aromatic hydroxyl groups is 1. The molecule has 0 aromatic heterocycles. The number of amides is 1. The van der Waals surface area contributed by atoms with Gasteiger partial charge in [0, 0.05) is 5.56 Å². The Balaban J connectivity index is 1.98. The van der Waals surface area contributed by atoms with Crippen LogP contribution in [0.15, 0.2) is 72.3 Å². The van der Waals surface area contributed by atoms with Crippen molar-refractivity contribution in [2.45, 2.75) is 25.8 Å². The van der Waals surface area contributed by atoms with E-state index in [1.165, 1.54) is 18.1 Å². The van der Waals surface area contributed by atoms with Crippen molar-refractivity contribution in [2.24, 2.45) is 0 Å². The third-order valence-electron chi connectivity index (χ3n) is 6.12. The summed E-state index contributed by atoms with van der Waals surface area (Å²) >= 11 is 0. The summed E-state index contributed by atoms with van der Waals surface area (Å²) in [6, 6.07) is 17.4. The van der Waals surface area contributed by atoms with Crippen molar-refractivity contribution in [3.8, 4) is 17.2 Å². The number of anilines is 1. The monoisotopic (exact) mass is 473 g/mol. The van der Waals surface area contributed by atoms with E-state index < -0.39 is 17.7 Å². The molecule has 0 spiro atoms. The predicted molar refractivity (Wildman–Crippen MR) is 133 cm³/mol. The first-order chi connectivity index (χ1) is 16.8. The number of aliphatic hydroxyl groups excluding tert-OH is 1. The number of aliphatic hydroxyl groups is 1. The molecule has 180 valence electrons. The van der Waals surface area contributed by atoms with Crippen LogP contribution in [0.25, 0.3) is 5.76 Å². The maximum Gasteiger partial charge on any atom is 0.300 e. The Bertz CT molecular complexity index is 1330. The molecule has 3 aromatic rings. The van der Waals surface area contributed by atoms with Crippen molar-refractivity contribution in [1.29, 1.82) is 0 Å². The summed E-state index contributed by atoms with van der Waals surface area (Å²) in [5.74, 6) is -0.880. The summed E-state index contributed by atoms with van der Waals surface area (Å²) in [4.78, 5) is 27.8. The highest BCUT2D eigenvalue weighted by atomic mass is 16.5. The second-order valence-corrected chi connectivity index (χ2v) is 8.55. The first-order valence-electron chi connectivity index (χ1n) is 11.2. The number of Topliss-reactive ketones (excluding diaryl/α,β-unsaturated/α-hetero) is 1. The zero-order valence-electron chi connectivity index (χ0n) is 20.0. The van der Waals surface area contributed by atoms with Crippen LogP contribution in [-0.4, -0.2) is 36.1 Å². The average molecular weight is 474 g/mol. The number of carbonyl (C=O) groups excluding carboxylic acids is 2. The lowest BCUT2D eigenvalue weighted by molar-refractivity contribution is -0.132. The maximum atomic E-state index is 13.3. The van der Waals surface area contributed by atoms with Gasteiger partial charge in [-0.15, -0.1) is 0 Å². The molecule has 2 N–H and O–H groups in total. The first kappa shape index (κ1) is 23.9. The van der Waals surface area contributed by atoms with Gasteiger partial charge in [-0.05, 0) is 59.5 Å². The molecule has 7 nitrogen and oxygen atoms in total. The van der Waals surface area contributed by atoms with Gasteiger partial charge in [-0.25, -0.2) is 0 Å². The SMILES string of the molecule is COc1cccc(C2/C(=C(/O)c3ccc(OC)c(C(C)C)c3)C(=O)C(=O)N2c2ccccc2O)c1. The minimum Gasteiger partial charge on any atom is -0.507 e. The van der Waals surface area contributed by atoms with Crippen molar-refractivity contribution < 1.29 is 29.3 Å². The fourth-order valence-corrected chi connectivity index (χ4v) is 4.36. The Hall–Kier alpha value is -4.26. The number of ether oxygens (including phenoxy) is 2. The zero-order valence-corrected chi connectivity index (χ0v) is 20.0. The summed E-state index contributed by atoms with van der Waals surface area (Å²) < 4.78 is 10.8. The first-order valence-corrected chi connectivity index (χ1v) is 11.2. The van der Waals surface area contributed by atoms with E-state index in [-0.39, 0.29) is 28.7 Å². The van der Waals surface area contributed by atoms with E-state index in [2.05, 4.69) is 0 Å². The van der Waals surface area contributed by atoms with Crippen LogP contribution in [-0.2, 0) is 9.59 Å². The standard InChI is InChI=1S/C28H27NO6/c1-16(2)20-15-18(12-13-23(20)35-4)26(31)24-25(17-8-7-9-19(14-17)34-3)29(28(33)27(24)32)21-10-5-6-11-22(21)30/h5-16,25,30-31H,1-4H3/b26-24-. The molecule has 1 saturated heterocycles. The molecule has 7 heteroatoms. The highest BCUT2D eigenvalue weighted by molar-refractivity contribution is 6.51. The van der Waals surface area contributed by atoms with Gasteiger partial charge in [0.25, 0.3) is 11.7 Å². The van der Waals surface area contributed by atoms with E-state index in [4.69, 9.17) is 9.47 Å². The fourth-order valence-electron chi connectivity index (χ4n) is 4.36. The smallest absolute Gasteiger partial charge is 0.300 e. The summed E-state index contributed by atoms with van der Waals surface area (Å²) in [7, 11) is 3.09. The molecule has 0 bridgehead atoms. The van der Waals surface area contributed by atoms with Gasteiger partial charge in [0.05, 0.1) is 31.5 Å². The van der Waals surface area contributed by atoms with Crippen LogP contribution in [0.4, 0.5) is 5.69 Å². The summed E-state index contributed by atoms with van der Waals surface area (Å²) in [5.41, 5.74) is 1.87. The molecular weight excluding hydrogens is 446 g/mol. The van der Waals surface area contributed by atoms with E-state index in [0.29, 0.717) is 22.6 Å². The molecule has 1 fully saturated rings. The molecule has 0 saturated carbocycles. The van der Waals surface area contributed by atoms with Gasteiger partial charge in [-0.3, -0.25) is 14.5 Å². The number of carbonyl (C=O) groups is 2. The van der Waals surface area contributed by atoms with E-state index in [0.717, 1.165) is 5.56 Å². The molecule has 1 aliphatic heterocycles. The van der Waals surface area contributed by atoms with Crippen LogP contribution in [0.5, 0.6) is 17.2 Å². The third-order valence-corrected chi connectivity index (χ3v) is 6.12. The van der Waals surface area contributed by atoms with E-state index >= 15 is 0 Å². The molecule has 1 aliphatic rings. The predicted octanol–water partition coefficient (Wildman–Crippen LogP) is 5.16. The zero-order chi connectivity index (χ0) is 25.3. The van der Waals surface area contributed by atoms with Crippen LogP contribution in [0.3, 0.4) is 0 Å². The molecule has 0 aliphatic carbocycles. The van der Waals surface area contributed by atoms with Crippen LogP contribution in [0, 0.1) is 0 Å². The maximum absolute atomic E-state index is 13.3. The van der Waals surface area contributed by atoms with Crippen molar-refractivity contribution in [1.82, 2.24) is 0 Å². The van der Waals surface area contributed by atoms with Crippen molar-refractivity contribution in [3.05, 3.63) is 89.0 Å². The Labute approximate surface area is 203 Å². The van der Waals surface area contributed by atoms with E-state index in [1.54, 1.807) is 67.8 Å². The third kappa shape index (κ3) is 4.21. The molecule has 0 radical (unpaired) electrons. The summed E-state index contributed by atoms with van der Waals surface area (Å²) in [5, 5.41) is 21.9.